The van der Waals surface area contributed by atoms with Crippen LogP contribution in [-0.4, -0.2) is 48.1 Å². The van der Waals surface area contributed by atoms with Gasteiger partial charge in [0.15, 0.2) is 0 Å². The number of carbonyl (C=O) groups excluding carboxylic acids is 2. The van der Waals surface area contributed by atoms with E-state index in [0.29, 0.717) is 37.2 Å². The lowest BCUT2D eigenvalue weighted by atomic mass is 10.0. The van der Waals surface area contributed by atoms with Gasteiger partial charge in [-0.05, 0) is 37.1 Å². The number of phenolic OH excluding ortho intramolecular Hbond substituents is 1. The van der Waals surface area contributed by atoms with E-state index in [0.717, 1.165) is 0 Å². The van der Waals surface area contributed by atoms with Crippen molar-refractivity contribution in [3.05, 3.63) is 59.7 Å². The maximum atomic E-state index is 12.7. The molecule has 0 atom stereocenters. The van der Waals surface area contributed by atoms with Crippen molar-refractivity contribution in [2.75, 3.05) is 20.2 Å². The number of para-hydroxylation sites is 2. The molecule has 2 aromatic carbocycles. The van der Waals surface area contributed by atoms with E-state index in [1.54, 1.807) is 42.3 Å². The van der Waals surface area contributed by atoms with Crippen LogP contribution in [0.15, 0.2) is 48.5 Å². The molecule has 0 spiro atoms. The van der Waals surface area contributed by atoms with Crippen LogP contribution in [0.3, 0.4) is 0 Å². The quantitative estimate of drug-likeness (QED) is 0.884. The summed E-state index contributed by atoms with van der Waals surface area (Å²) in [5.74, 6) is 0.173. The Bertz CT molecular complexity index is 798. The Hall–Kier alpha value is -3.02. The molecule has 0 bridgehead atoms. The molecule has 1 heterocycles. The second kappa shape index (κ2) is 7.91. The highest BCUT2D eigenvalue weighted by Crippen LogP contribution is 2.22. The zero-order valence-corrected chi connectivity index (χ0v) is 14.6. The van der Waals surface area contributed by atoms with Gasteiger partial charge in [-0.2, -0.15) is 0 Å². The highest BCUT2D eigenvalue weighted by atomic mass is 16.5. The maximum Gasteiger partial charge on any atom is 0.257 e. The molecule has 26 heavy (non-hydrogen) atoms. The molecule has 136 valence electrons. The van der Waals surface area contributed by atoms with E-state index in [4.69, 9.17) is 4.74 Å². The average molecular weight is 354 g/mol. The minimum Gasteiger partial charge on any atom is -0.507 e. The van der Waals surface area contributed by atoms with Gasteiger partial charge in [-0.25, -0.2) is 0 Å². The number of methoxy groups -OCH3 is 1. The van der Waals surface area contributed by atoms with Gasteiger partial charge in [0.05, 0.1) is 18.2 Å². The molecule has 0 saturated carbocycles. The Kier molecular flexibility index (Phi) is 5.41. The van der Waals surface area contributed by atoms with Crippen molar-refractivity contribution in [1.29, 1.82) is 0 Å². The number of rotatable bonds is 4. The van der Waals surface area contributed by atoms with Crippen LogP contribution in [0.2, 0.25) is 0 Å². The predicted octanol–water partition coefficient (Wildman–Crippen LogP) is 2.44. The van der Waals surface area contributed by atoms with Crippen molar-refractivity contribution < 1.29 is 19.4 Å². The summed E-state index contributed by atoms with van der Waals surface area (Å²) in [6, 6.07) is 13.6. The lowest BCUT2D eigenvalue weighted by Gasteiger charge is -2.32. The van der Waals surface area contributed by atoms with Crippen molar-refractivity contribution in [3.63, 3.8) is 0 Å². The highest BCUT2D eigenvalue weighted by Gasteiger charge is 2.26. The lowest BCUT2D eigenvalue weighted by Crippen LogP contribution is -2.46. The zero-order chi connectivity index (χ0) is 18.5. The van der Waals surface area contributed by atoms with Crippen LogP contribution in [-0.2, 0) is 0 Å². The predicted molar refractivity (Wildman–Crippen MR) is 97.5 cm³/mol. The molecule has 0 radical (unpaired) electrons. The van der Waals surface area contributed by atoms with Gasteiger partial charge in [0.1, 0.15) is 11.5 Å². The third-order valence-corrected chi connectivity index (χ3v) is 4.60. The molecule has 2 aromatic rings. The number of phenols is 1. The van der Waals surface area contributed by atoms with Crippen molar-refractivity contribution >= 4 is 11.8 Å². The summed E-state index contributed by atoms with van der Waals surface area (Å²) in [5, 5.41) is 12.7. The van der Waals surface area contributed by atoms with Gasteiger partial charge >= 0.3 is 0 Å². The number of piperidine rings is 1. The van der Waals surface area contributed by atoms with Gasteiger partial charge in [-0.3, -0.25) is 9.59 Å². The number of nitrogens with one attached hydrogen (secondary N) is 1. The molecular formula is C20H22N2O4. The number of carbonyl (C=O) groups is 2. The Labute approximate surface area is 152 Å². The molecular weight excluding hydrogens is 332 g/mol. The molecule has 1 fully saturated rings. The minimum absolute atomic E-state index is 0.0242. The van der Waals surface area contributed by atoms with Gasteiger partial charge in [0.25, 0.3) is 11.8 Å². The number of hydrogen-bond donors (Lipinski definition) is 2. The van der Waals surface area contributed by atoms with Crippen LogP contribution in [0, 0.1) is 0 Å². The van der Waals surface area contributed by atoms with E-state index >= 15 is 0 Å². The van der Waals surface area contributed by atoms with Crippen molar-refractivity contribution in [2.45, 2.75) is 18.9 Å². The number of ether oxygens (including phenoxy) is 1. The Morgan fingerprint density at radius 2 is 1.65 bits per heavy atom. The van der Waals surface area contributed by atoms with Crippen molar-refractivity contribution in [2.24, 2.45) is 0 Å². The smallest absolute Gasteiger partial charge is 0.257 e. The summed E-state index contributed by atoms with van der Waals surface area (Å²) >= 11 is 0. The van der Waals surface area contributed by atoms with E-state index < -0.39 is 0 Å². The van der Waals surface area contributed by atoms with E-state index in [-0.39, 0.29) is 29.2 Å². The van der Waals surface area contributed by atoms with Gasteiger partial charge in [-0.15, -0.1) is 0 Å². The monoisotopic (exact) mass is 354 g/mol. The largest absolute Gasteiger partial charge is 0.507 e. The fourth-order valence-electron chi connectivity index (χ4n) is 3.15. The normalized spacial score (nSPS) is 14.7. The first-order chi connectivity index (χ1) is 12.6. The molecule has 6 nitrogen and oxygen atoms in total. The van der Waals surface area contributed by atoms with E-state index in [1.165, 1.54) is 6.07 Å². The number of hydrogen-bond acceptors (Lipinski definition) is 4. The molecule has 6 heteroatoms. The summed E-state index contributed by atoms with van der Waals surface area (Å²) in [7, 11) is 1.55. The summed E-state index contributed by atoms with van der Waals surface area (Å²) in [4.78, 5) is 26.8. The summed E-state index contributed by atoms with van der Waals surface area (Å²) in [6.45, 7) is 1.12. The second-order valence-corrected chi connectivity index (χ2v) is 6.26. The first-order valence-corrected chi connectivity index (χ1v) is 8.61. The number of nitrogens with zero attached hydrogens (tertiary/aromatic N) is 1. The molecule has 2 amide bonds. The van der Waals surface area contributed by atoms with Crippen LogP contribution in [0.4, 0.5) is 0 Å². The molecule has 0 aliphatic carbocycles. The lowest BCUT2D eigenvalue weighted by molar-refractivity contribution is 0.0695. The molecule has 1 aliphatic heterocycles. The zero-order valence-electron chi connectivity index (χ0n) is 14.6. The van der Waals surface area contributed by atoms with Gasteiger partial charge in [0, 0.05) is 19.1 Å². The van der Waals surface area contributed by atoms with Crippen molar-refractivity contribution in [3.8, 4) is 11.5 Å². The Morgan fingerprint density at radius 1 is 1.04 bits per heavy atom. The third-order valence-electron chi connectivity index (χ3n) is 4.60. The summed E-state index contributed by atoms with van der Waals surface area (Å²) < 4.78 is 5.26. The SMILES string of the molecule is COc1ccccc1C(=O)N1CCC(NC(=O)c2ccccc2O)CC1. The average Bonchev–Trinajstić information content (AvgIpc) is 2.68. The number of benzene rings is 2. The Balaban J connectivity index is 1.58. The topological polar surface area (TPSA) is 78.9 Å². The fraction of sp³-hybridized carbons (Fsp3) is 0.300. The number of aromatic hydroxyl groups is 1. The number of amides is 2. The minimum atomic E-state index is -0.294. The highest BCUT2D eigenvalue weighted by molar-refractivity contribution is 5.97. The summed E-state index contributed by atoms with van der Waals surface area (Å²) in [5.41, 5.74) is 0.812. The summed E-state index contributed by atoms with van der Waals surface area (Å²) in [6.07, 6.45) is 1.33. The van der Waals surface area contributed by atoms with Crippen LogP contribution < -0.4 is 10.1 Å². The number of likely N-dealkylation sites (tertiary alicyclic amines) is 1. The second-order valence-electron chi connectivity index (χ2n) is 6.26. The Morgan fingerprint density at radius 3 is 2.31 bits per heavy atom. The third kappa shape index (κ3) is 3.79. The molecule has 0 aromatic heterocycles. The maximum absolute atomic E-state index is 12.7. The van der Waals surface area contributed by atoms with Crippen LogP contribution in [0.5, 0.6) is 11.5 Å². The van der Waals surface area contributed by atoms with Gasteiger partial charge < -0.3 is 20.1 Å². The molecule has 3 rings (SSSR count). The first-order valence-electron chi connectivity index (χ1n) is 8.61. The van der Waals surface area contributed by atoms with E-state index in [9.17, 15) is 14.7 Å². The van der Waals surface area contributed by atoms with Crippen LogP contribution in [0.25, 0.3) is 0 Å². The van der Waals surface area contributed by atoms with E-state index in [2.05, 4.69) is 5.32 Å². The molecule has 1 saturated heterocycles. The molecule has 0 unspecified atom stereocenters. The van der Waals surface area contributed by atoms with Gasteiger partial charge in [0.2, 0.25) is 0 Å². The van der Waals surface area contributed by atoms with Crippen LogP contribution in [0.1, 0.15) is 33.6 Å². The first kappa shape index (κ1) is 17.8. The van der Waals surface area contributed by atoms with Crippen molar-refractivity contribution in [1.82, 2.24) is 10.2 Å². The molecule has 1 aliphatic rings. The van der Waals surface area contributed by atoms with Gasteiger partial charge in [-0.1, -0.05) is 24.3 Å². The standard InChI is InChI=1S/C20H22N2O4/c1-26-18-9-5-3-7-16(18)20(25)22-12-10-14(11-13-22)21-19(24)15-6-2-4-8-17(15)23/h2-9,14,23H,10-13H2,1H3,(H,21,24). The fourth-order valence-corrected chi connectivity index (χ4v) is 3.15. The van der Waals surface area contributed by atoms with E-state index in [1.807, 2.05) is 12.1 Å². The molecule has 2 N–H and O–H groups in total. The van der Waals surface area contributed by atoms with Crippen LogP contribution >= 0.6 is 0 Å².